The molecule has 122 valence electrons. The van der Waals surface area contributed by atoms with Crippen molar-refractivity contribution in [1.82, 2.24) is 20.3 Å². The summed E-state index contributed by atoms with van der Waals surface area (Å²) in [6.07, 6.45) is 3.00. The average molecular weight is 318 g/mol. The molecule has 2 aliphatic rings. The lowest BCUT2D eigenvalue weighted by Crippen LogP contribution is -2.54. The molecular formula is C15H18N4O4. The second-order valence-electron chi connectivity index (χ2n) is 6.20. The molecule has 4 heterocycles. The maximum absolute atomic E-state index is 12.8. The number of likely N-dealkylation sites (tertiary alicyclic amines) is 1. The van der Waals surface area contributed by atoms with Gasteiger partial charge in [-0.05, 0) is 19.8 Å². The molecule has 8 heteroatoms. The normalized spacial score (nSPS) is 27.2. The minimum Gasteiger partial charge on any atom is -0.425 e. The first-order valence-corrected chi connectivity index (χ1v) is 7.73. The van der Waals surface area contributed by atoms with E-state index in [0.717, 1.165) is 12.8 Å². The summed E-state index contributed by atoms with van der Waals surface area (Å²) in [6, 6.07) is 0. The van der Waals surface area contributed by atoms with Crippen LogP contribution in [0, 0.1) is 13.8 Å². The van der Waals surface area contributed by atoms with Crippen LogP contribution in [-0.2, 0) is 10.2 Å². The van der Waals surface area contributed by atoms with Crippen molar-refractivity contribution in [2.45, 2.75) is 38.2 Å². The molecule has 2 fully saturated rings. The summed E-state index contributed by atoms with van der Waals surface area (Å²) in [5.74, 6) is 1.54. The summed E-state index contributed by atoms with van der Waals surface area (Å²) in [5, 5.41) is 11.9. The Morgan fingerprint density at radius 1 is 1.39 bits per heavy atom. The number of aromatic nitrogens is 3. The Morgan fingerprint density at radius 2 is 2.26 bits per heavy atom. The number of piperidine rings is 1. The lowest BCUT2D eigenvalue weighted by atomic mass is 9.76. The predicted molar refractivity (Wildman–Crippen MR) is 76.8 cm³/mol. The zero-order valence-corrected chi connectivity index (χ0v) is 13.1. The van der Waals surface area contributed by atoms with E-state index in [-0.39, 0.29) is 12.0 Å². The maximum atomic E-state index is 12.8. The first-order valence-electron chi connectivity index (χ1n) is 7.73. The summed E-state index contributed by atoms with van der Waals surface area (Å²) in [6.45, 7) is 5.28. The van der Waals surface area contributed by atoms with Gasteiger partial charge in [0.25, 0.3) is 5.91 Å². The van der Waals surface area contributed by atoms with Gasteiger partial charge in [-0.2, -0.15) is 0 Å². The number of hydrogen-bond acceptors (Lipinski definition) is 7. The number of rotatable bonds is 2. The van der Waals surface area contributed by atoms with Gasteiger partial charge in [-0.1, -0.05) is 5.16 Å². The van der Waals surface area contributed by atoms with E-state index in [1.54, 1.807) is 13.8 Å². The highest BCUT2D eigenvalue weighted by atomic mass is 16.5. The molecule has 0 saturated carbocycles. The minimum atomic E-state index is -0.416. The van der Waals surface area contributed by atoms with Crippen LogP contribution in [0.5, 0.6) is 0 Å². The molecule has 0 spiro atoms. The number of amides is 1. The zero-order valence-electron chi connectivity index (χ0n) is 13.1. The van der Waals surface area contributed by atoms with E-state index in [0.29, 0.717) is 42.8 Å². The number of carbonyl (C=O) groups is 1. The Kier molecular flexibility index (Phi) is 3.22. The van der Waals surface area contributed by atoms with Crippen LogP contribution < -0.4 is 0 Å². The molecule has 1 amide bonds. The fourth-order valence-corrected chi connectivity index (χ4v) is 3.59. The lowest BCUT2D eigenvalue weighted by molar-refractivity contribution is 0.00962. The number of fused-ring (bicyclic) bond motifs is 1. The van der Waals surface area contributed by atoms with Crippen molar-refractivity contribution in [2.24, 2.45) is 0 Å². The molecule has 0 radical (unpaired) electrons. The third-order valence-electron chi connectivity index (χ3n) is 4.84. The molecule has 2 aromatic rings. The monoisotopic (exact) mass is 318 g/mol. The summed E-state index contributed by atoms with van der Waals surface area (Å²) in [4.78, 5) is 14.6. The quantitative estimate of drug-likeness (QED) is 0.822. The second-order valence-corrected chi connectivity index (χ2v) is 6.20. The molecule has 0 unspecified atom stereocenters. The van der Waals surface area contributed by atoms with Gasteiger partial charge in [0.2, 0.25) is 11.8 Å². The van der Waals surface area contributed by atoms with Crippen molar-refractivity contribution in [3.05, 3.63) is 29.3 Å². The van der Waals surface area contributed by atoms with Crippen LogP contribution >= 0.6 is 0 Å². The SMILES string of the molecule is Cc1nnc([C@@]23CCO[C@@H]2CCN(C(=O)c2cnoc2C)C3)o1. The highest BCUT2D eigenvalue weighted by molar-refractivity contribution is 5.95. The molecule has 2 atom stereocenters. The van der Waals surface area contributed by atoms with E-state index in [1.165, 1.54) is 6.20 Å². The molecule has 0 aromatic carbocycles. The van der Waals surface area contributed by atoms with Gasteiger partial charge in [-0.15, -0.1) is 10.2 Å². The molecule has 2 aliphatic heterocycles. The highest BCUT2D eigenvalue weighted by Gasteiger charge is 2.53. The molecule has 2 saturated heterocycles. The van der Waals surface area contributed by atoms with Crippen molar-refractivity contribution in [3.8, 4) is 0 Å². The van der Waals surface area contributed by atoms with E-state index in [1.807, 2.05) is 4.90 Å². The van der Waals surface area contributed by atoms with E-state index < -0.39 is 5.41 Å². The third-order valence-corrected chi connectivity index (χ3v) is 4.84. The van der Waals surface area contributed by atoms with Gasteiger partial charge in [0.05, 0.1) is 17.7 Å². The van der Waals surface area contributed by atoms with Crippen LogP contribution in [0.1, 0.15) is 40.7 Å². The van der Waals surface area contributed by atoms with E-state index in [9.17, 15) is 4.79 Å². The van der Waals surface area contributed by atoms with Gasteiger partial charge in [-0.25, -0.2) is 0 Å². The largest absolute Gasteiger partial charge is 0.425 e. The summed E-state index contributed by atoms with van der Waals surface area (Å²) in [5.41, 5.74) is 0.0829. The summed E-state index contributed by atoms with van der Waals surface area (Å²) in [7, 11) is 0. The average Bonchev–Trinajstić information content (AvgIpc) is 3.25. The topological polar surface area (TPSA) is 94.5 Å². The zero-order chi connectivity index (χ0) is 16.0. The number of carbonyl (C=O) groups excluding carboxylic acids is 1. The second kappa shape index (κ2) is 5.16. The third kappa shape index (κ3) is 2.16. The van der Waals surface area contributed by atoms with Gasteiger partial charge in [0, 0.05) is 26.6 Å². The fraction of sp³-hybridized carbons (Fsp3) is 0.600. The van der Waals surface area contributed by atoms with Gasteiger partial charge in [0.1, 0.15) is 11.3 Å². The predicted octanol–water partition coefficient (Wildman–Crippen LogP) is 1.25. The molecular weight excluding hydrogens is 300 g/mol. The van der Waals surface area contributed by atoms with Crippen LogP contribution in [0.3, 0.4) is 0 Å². The molecule has 2 aromatic heterocycles. The van der Waals surface area contributed by atoms with Gasteiger partial charge < -0.3 is 18.6 Å². The molecule has 0 bridgehead atoms. The molecule has 0 aliphatic carbocycles. The van der Waals surface area contributed by atoms with Gasteiger partial charge >= 0.3 is 0 Å². The molecule has 4 rings (SSSR count). The first-order chi connectivity index (χ1) is 11.1. The number of aryl methyl sites for hydroxylation is 2. The fourth-order valence-electron chi connectivity index (χ4n) is 3.59. The lowest BCUT2D eigenvalue weighted by Gasteiger charge is -2.41. The molecule has 0 N–H and O–H groups in total. The van der Waals surface area contributed by atoms with Crippen molar-refractivity contribution in [1.29, 1.82) is 0 Å². The Bertz CT molecular complexity index is 739. The molecule has 8 nitrogen and oxygen atoms in total. The van der Waals surface area contributed by atoms with Crippen LogP contribution in [0.2, 0.25) is 0 Å². The van der Waals surface area contributed by atoms with Crippen molar-refractivity contribution in [3.63, 3.8) is 0 Å². The Balaban J connectivity index is 1.66. The van der Waals surface area contributed by atoms with E-state index in [2.05, 4.69) is 15.4 Å². The van der Waals surface area contributed by atoms with E-state index in [4.69, 9.17) is 13.7 Å². The van der Waals surface area contributed by atoms with Gasteiger partial charge in [0.15, 0.2) is 0 Å². The number of nitrogens with zero attached hydrogens (tertiary/aromatic N) is 4. The van der Waals surface area contributed by atoms with Crippen molar-refractivity contribution < 1.29 is 18.5 Å². The Hall–Kier alpha value is -2.22. The van der Waals surface area contributed by atoms with Crippen molar-refractivity contribution in [2.75, 3.05) is 19.7 Å². The Morgan fingerprint density at radius 3 is 2.96 bits per heavy atom. The Labute approximate surface area is 132 Å². The number of hydrogen-bond donors (Lipinski definition) is 0. The molecule has 23 heavy (non-hydrogen) atoms. The first kappa shape index (κ1) is 14.4. The van der Waals surface area contributed by atoms with Crippen LogP contribution in [0.25, 0.3) is 0 Å². The maximum Gasteiger partial charge on any atom is 0.259 e. The van der Waals surface area contributed by atoms with Crippen LogP contribution in [-0.4, -0.2) is 52.0 Å². The van der Waals surface area contributed by atoms with Crippen molar-refractivity contribution >= 4 is 5.91 Å². The van der Waals surface area contributed by atoms with E-state index >= 15 is 0 Å². The summed E-state index contributed by atoms with van der Waals surface area (Å²) < 4.78 is 16.6. The smallest absolute Gasteiger partial charge is 0.259 e. The summed E-state index contributed by atoms with van der Waals surface area (Å²) >= 11 is 0. The number of ether oxygens (including phenoxy) is 1. The highest BCUT2D eigenvalue weighted by Crippen LogP contribution is 2.43. The van der Waals surface area contributed by atoms with Crippen LogP contribution in [0.4, 0.5) is 0 Å². The minimum absolute atomic E-state index is 0.00923. The van der Waals surface area contributed by atoms with Crippen LogP contribution in [0.15, 0.2) is 15.1 Å². The standard InChI is InChI=1S/C15H18N4O4/c1-9-11(7-16-23-9)13(20)19-5-3-12-15(8-19,4-6-21-12)14-18-17-10(2)22-14/h7,12H,3-6,8H2,1-2H3/t12-,15-/m1/s1. The van der Waals surface area contributed by atoms with Gasteiger partial charge in [-0.3, -0.25) is 4.79 Å².